The van der Waals surface area contributed by atoms with Gasteiger partial charge in [-0.2, -0.15) is 15.0 Å². The Kier molecular flexibility index (Phi) is 13.6. The van der Waals surface area contributed by atoms with Crippen LogP contribution in [0.1, 0.15) is 81.1 Å². The molecule has 1 heterocycles. The molecule has 1 rings (SSSR count). The fraction of sp³-hybridized carbons (Fsp3) is 0.842. The minimum Gasteiger partial charge on any atom is -0.224 e. The second kappa shape index (κ2) is 14.4. The number of halogens is 1. The fourth-order valence-electron chi connectivity index (χ4n) is 1.68. The minimum absolute atomic E-state index is 0.240. The lowest BCUT2D eigenvalue weighted by atomic mass is 10.4. The lowest BCUT2D eigenvalue weighted by Crippen LogP contribution is -2.20. The van der Waals surface area contributed by atoms with E-state index in [1.165, 1.54) is 0 Å². The van der Waals surface area contributed by atoms with Crippen LogP contribution in [0.15, 0.2) is 0 Å². The van der Waals surface area contributed by atoms with Gasteiger partial charge in [0.2, 0.25) is 5.28 Å². The highest BCUT2D eigenvalue weighted by atomic mass is 35.5. The highest BCUT2D eigenvalue weighted by Gasteiger charge is 2.24. The number of hydrogen-bond donors (Lipinski definition) is 0. The van der Waals surface area contributed by atoms with Crippen molar-refractivity contribution in [2.75, 3.05) is 7.42 Å². The van der Waals surface area contributed by atoms with E-state index in [0.717, 1.165) is 25.7 Å². The fourth-order valence-corrected chi connectivity index (χ4v) is 6.60. The van der Waals surface area contributed by atoms with Crippen LogP contribution in [0.25, 0.3) is 0 Å². The van der Waals surface area contributed by atoms with E-state index in [1.54, 1.807) is 47.8 Å². The van der Waals surface area contributed by atoms with Crippen LogP contribution < -0.4 is 7.42 Å². The van der Waals surface area contributed by atoms with Crippen molar-refractivity contribution in [2.24, 2.45) is 0 Å². The van der Waals surface area contributed by atoms with Crippen molar-refractivity contribution in [3.05, 3.63) is 5.28 Å². The molecule has 1 aromatic rings. The summed E-state index contributed by atoms with van der Waals surface area (Å²) in [4.78, 5) is 13.8. The zero-order valence-electron chi connectivity index (χ0n) is 18.9. The third-order valence-electron chi connectivity index (χ3n) is 4.31. The third kappa shape index (κ3) is 9.97. The molecule has 0 N–H and O–H groups in total. The summed E-state index contributed by atoms with van der Waals surface area (Å²) in [6, 6.07) is 0. The quantitative estimate of drug-likeness (QED) is 0.238. The Morgan fingerprint density at radius 3 is 1.14 bits per heavy atom. The van der Waals surface area contributed by atoms with Gasteiger partial charge in [-0.25, -0.2) is 7.42 Å². The van der Waals surface area contributed by atoms with Crippen LogP contribution in [-0.4, -0.2) is 36.0 Å². The average molecular weight is 498 g/mol. The zero-order valence-corrected chi connectivity index (χ0v) is 22.9. The standard InChI is InChI=1S/C19H36ClN5S4/c1-9-13(5)26-24(27-14(6)10-2)18-21-17(20)22-19(23-18)25(28-15(7)11-3)29-16(8)12-4/h13-16H,9-12H2,1-8H3. The van der Waals surface area contributed by atoms with Crippen molar-refractivity contribution in [1.29, 1.82) is 0 Å². The Morgan fingerprint density at radius 2 is 0.897 bits per heavy atom. The summed E-state index contributed by atoms with van der Waals surface area (Å²) in [5.74, 6) is 1.24. The number of hydrogen-bond acceptors (Lipinski definition) is 9. The van der Waals surface area contributed by atoms with E-state index in [1.807, 2.05) is 0 Å². The van der Waals surface area contributed by atoms with Crippen LogP contribution in [-0.2, 0) is 0 Å². The Bertz CT molecular complexity index is 527. The normalized spacial score (nSPS) is 15.6. The minimum atomic E-state index is 0.240. The molecule has 0 bridgehead atoms. The van der Waals surface area contributed by atoms with Crippen LogP contribution in [0.3, 0.4) is 0 Å². The van der Waals surface area contributed by atoms with Crippen molar-refractivity contribution >= 4 is 71.3 Å². The molecule has 0 aliphatic rings. The van der Waals surface area contributed by atoms with Crippen molar-refractivity contribution in [1.82, 2.24) is 15.0 Å². The summed E-state index contributed by atoms with van der Waals surface area (Å²) in [7, 11) is 0. The third-order valence-corrected chi connectivity index (χ3v) is 9.71. The van der Waals surface area contributed by atoms with E-state index >= 15 is 0 Å². The molecule has 5 nitrogen and oxygen atoms in total. The number of aromatic nitrogens is 3. The van der Waals surface area contributed by atoms with E-state index in [0.29, 0.717) is 32.9 Å². The zero-order chi connectivity index (χ0) is 22.0. The molecule has 4 unspecified atom stereocenters. The molecule has 1 aromatic heterocycles. The molecule has 10 heteroatoms. The largest absolute Gasteiger partial charge is 0.252 e. The smallest absolute Gasteiger partial charge is 0.224 e. The Balaban J connectivity index is 3.25. The van der Waals surface area contributed by atoms with Gasteiger partial charge in [-0.1, -0.05) is 55.4 Å². The van der Waals surface area contributed by atoms with Crippen LogP contribution in [0.2, 0.25) is 5.28 Å². The second-order valence-corrected chi connectivity index (χ2v) is 13.3. The summed E-state index contributed by atoms with van der Waals surface area (Å²) in [6.45, 7) is 17.7. The Labute approximate surface area is 200 Å². The van der Waals surface area contributed by atoms with Crippen LogP contribution in [0, 0.1) is 0 Å². The average Bonchev–Trinajstić information content (AvgIpc) is 2.71. The molecule has 0 aliphatic carbocycles. The first-order valence-electron chi connectivity index (χ1n) is 10.4. The lowest BCUT2D eigenvalue weighted by molar-refractivity contribution is 0.895. The second-order valence-electron chi connectivity index (χ2n) is 7.02. The van der Waals surface area contributed by atoms with Gasteiger partial charge in [0.25, 0.3) is 11.9 Å². The Hall–Kier alpha value is 0.300. The molecule has 0 amide bonds. The highest BCUT2D eigenvalue weighted by molar-refractivity contribution is 8.19. The van der Waals surface area contributed by atoms with E-state index in [9.17, 15) is 0 Å². The van der Waals surface area contributed by atoms with Crippen molar-refractivity contribution in [2.45, 2.75) is 102 Å². The predicted octanol–water partition coefficient (Wildman–Crippen LogP) is 7.92. The number of rotatable bonds is 14. The maximum absolute atomic E-state index is 6.37. The van der Waals surface area contributed by atoms with Gasteiger partial charge >= 0.3 is 0 Å². The first-order chi connectivity index (χ1) is 13.7. The van der Waals surface area contributed by atoms with Gasteiger partial charge < -0.3 is 0 Å². The molecule has 0 radical (unpaired) electrons. The molecule has 0 aromatic carbocycles. The highest BCUT2D eigenvalue weighted by Crippen LogP contribution is 2.39. The molecule has 0 fully saturated rings. The van der Waals surface area contributed by atoms with Crippen LogP contribution in [0.4, 0.5) is 11.9 Å². The first kappa shape index (κ1) is 27.3. The molecule has 0 aliphatic heterocycles. The molecule has 29 heavy (non-hydrogen) atoms. The van der Waals surface area contributed by atoms with Gasteiger partial charge in [-0.15, -0.1) is 0 Å². The van der Waals surface area contributed by atoms with Gasteiger partial charge in [0.15, 0.2) is 0 Å². The van der Waals surface area contributed by atoms with Gasteiger partial charge in [-0.3, -0.25) is 0 Å². The Morgan fingerprint density at radius 1 is 0.621 bits per heavy atom. The molecule has 0 saturated heterocycles. The summed E-state index contributed by atoms with van der Waals surface area (Å²) >= 11 is 13.4. The molecule has 0 saturated carbocycles. The van der Waals surface area contributed by atoms with E-state index < -0.39 is 0 Å². The topological polar surface area (TPSA) is 45.2 Å². The molecular weight excluding hydrogens is 462 g/mol. The lowest BCUT2D eigenvalue weighted by Gasteiger charge is -2.28. The predicted molar refractivity (Wildman–Crippen MR) is 139 cm³/mol. The summed E-state index contributed by atoms with van der Waals surface area (Å²) in [5.41, 5.74) is 0. The summed E-state index contributed by atoms with van der Waals surface area (Å²) in [5, 5.41) is 2.09. The number of anilines is 2. The van der Waals surface area contributed by atoms with Crippen molar-refractivity contribution in [3.8, 4) is 0 Å². The molecular formula is C19H36ClN5S4. The van der Waals surface area contributed by atoms with Gasteiger partial charge in [-0.05, 0) is 85.1 Å². The van der Waals surface area contributed by atoms with Gasteiger partial charge in [0.05, 0.1) is 0 Å². The van der Waals surface area contributed by atoms with E-state index in [-0.39, 0.29) is 5.28 Å². The summed E-state index contributed by atoms with van der Waals surface area (Å²) < 4.78 is 4.25. The first-order valence-corrected chi connectivity index (χ1v) is 14.1. The van der Waals surface area contributed by atoms with Crippen LogP contribution >= 0.6 is 59.4 Å². The van der Waals surface area contributed by atoms with Gasteiger partial charge in [0.1, 0.15) is 0 Å². The molecule has 168 valence electrons. The maximum Gasteiger partial charge on any atom is 0.252 e. The SMILES string of the molecule is CCC(C)SN(SC(C)CC)c1nc(Cl)nc(N(SC(C)CC)SC(C)CC)n1. The number of nitrogens with zero attached hydrogens (tertiary/aromatic N) is 5. The van der Waals surface area contributed by atoms with E-state index in [2.05, 4.69) is 72.8 Å². The van der Waals surface area contributed by atoms with Crippen molar-refractivity contribution in [3.63, 3.8) is 0 Å². The molecule has 0 spiro atoms. The van der Waals surface area contributed by atoms with Gasteiger partial charge in [0, 0.05) is 21.0 Å². The summed E-state index contributed by atoms with van der Waals surface area (Å²) in [6.07, 6.45) is 4.31. The monoisotopic (exact) mass is 497 g/mol. The van der Waals surface area contributed by atoms with Crippen molar-refractivity contribution < 1.29 is 0 Å². The maximum atomic E-state index is 6.37. The van der Waals surface area contributed by atoms with Crippen LogP contribution in [0.5, 0.6) is 0 Å². The van der Waals surface area contributed by atoms with E-state index in [4.69, 9.17) is 16.6 Å². The molecule has 4 atom stereocenters.